The van der Waals surface area contributed by atoms with Crippen LogP contribution in [0.2, 0.25) is 0 Å². The van der Waals surface area contributed by atoms with Crippen LogP contribution >= 0.6 is 0 Å². The van der Waals surface area contributed by atoms with Gasteiger partial charge in [-0.3, -0.25) is 10.4 Å². The molecule has 0 radical (unpaired) electrons. The molecule has 162 valence electrons. The summed E-state index contributed by atoms with van der Waals surface area (Å²) in [6, 6.07) is 20.7. The van der Waals surface area contributed by atoms with Crippen LogP contribution in [0.1, 0.15) is 16.7 Å². The standard InChI is InChI=1S/C25H23FN4O2/c1-16-10-17(2)12-19(11-16)23-14-24(30-29-23)28-25(31)27-21-4-3-5-22(13-21)32-15-18-6-8-20(26)9-7-18/h3-14H,15H2,1-2H3,(H3,27,28,29,30,31). The average molecular weight is 430 g/mol. The Morgan fingerprint density at radius 1 is 0.969 bits per heavy atom. The highest BCUT2D eigenvalue weighted by molar-refractivity contribution is 5.99. The first-order valence-electron chi connectivity index (χ1n) is 10.1. The number of carbonyl (C=O) groups excluding carboxylic acids is 1. The highest BCUT2D eigenvalue weighted by atomic mass is 19.1. The number of rotatable bonds is 6. The van der Waals surface area contributed by atoms with Crippen molar-refractivity contribution in [1.29, 1.82) is 0 Å². The van der Waals surface area contributed by atoms with E-state index in [1.165, 1.54) is 12.1 Å². The number of amides is 2. The fraction of sp³-hybridized carbons (Fsp3) is 0.120. The van der Waals surface area contributed by atoms with E-state index in [1.807, 2.05) is 13.8 Å². The molecular weight excluding hydrogens is 407 g/mol. The Labute approximate surface area is 185 Å². The summed E-state index contributed by atoms with van der Waals surface area (Å²) in [4.78, 5) is 12.4. The summed E-state index contributed by atoms with van der Waals surface area (Å²) in [6.45, 7) is 4.37. The van der Waals surface area contributed by atoms with Crippen molar-refractivity contribution in [2.75, 3.05) is 10.6 Å². The lowest BCUT2D eigenvalue weighted by molar-refractivity contribution is 0.262. The summed E-state index contributed by atoms with van der Waals surface area (Å²) >= 11 is 0. The van der Waals surface area contributed by atoms with Gasteiger partial charge in [0.05, 0.1) is 5.69 Å². The number of nitrogens with zero attached hydrogens (tertiary/aromatic N) is 1. The Hall–Kier alpha value is -4.13. The largest absolute Gasteiger partial charge is 0.489 e. The van der Waals surface area contributed by atoms with E-state index in [0.29, 0.717) is 23.9 Å². The molecule has 7 heteroatoms. The Balaban J connectivity index is 1.35. The van der Waals surface area contributed by atoms with Gasteiger partial charge in [0.2, 0.25) is 0 Å². The van der Waals surface area contributed by atoms with Gasteiger partial charge in [0.1, 0.15) is 18.2 Å². The van der Waals surface area contributed by atoms with E-state index in [9.17, 15) is 9.18 Å². The number of nitrogens with one attached hydrogen (secondary N) is 3. The van der Waals surface area contributed by atoms with Crippen molar-refractivity contribution >= 4 is 17.5 Å². The predicted molar refractivity (Wildman–Crippen MR) is 123 cm³/mol. The minimum atomic E-state index is -0.417. The fourth-order valence-electron chi connectivity index (χ4n) is 3.35. The highest BCUT2D eigenvalue weighted by Crippen LogP contribution is 2.23. The van der Waals surface area contributed by atoms with Gasteiger partial charge in [-0.2, -0.15) is 5.10 Å². The van der Waals surface area contributed by atoms with Crippen molar-refractivity contribution in [3.05, 3.63) is 95.3 Å². The number of aromatic amines is 1. The maximum absolute atomic E-state index is 13.0. The van der Waals surface area contributed by atoms with Crippen molar-refractivity contribution in [1.82, 2.24) is 10.2 Å². The normalized spacial score (nSPS) is 10.6. The lowest BCUT2D eigenvalue weighted by atomic mass is 10.1. The number of halogens is 1. The van der Waals surface area contributed by atoms with Crippen LogP contribution in [0, 0.1) is 19.7 Å². The average Bonchev–Trinajstić information content (AvgIpc) is 3.21. The molecular formula is C25H23FN4O2. The third kappa shape index (κ3) is 5.51. The summed E-state index contributed by atoms with van der Waals surface area (Å²) in [6.07, 6.45) is 0. The lowest BCUT2D eigenvalue weighted by Gasteiger charge is -2.09. The van der Waals surface area contributed by atoms with E-state index >= 15 is 0 Å². The van der Waals surface area contributed by atoms with Crippen molar-refractivity contribution in [2.24, 2.45) is 0 Å². The molecule has 0 fully saturated rings. The van der Waals surface area contributed by atoms with Crippen molar-refractivity contribution in [3.8, 4) is 17.0 Å². The SMILES string of the molecule is Cc1cc(C)cc(-c2cc(NC(=O)Nc3cccc(OCc4ccc(F)cc4)c3)n[nH]2)c1. The molecule has 32 heavy (non-hydrogen) atoms. The van der Waals surface area contributed by atoms with Crippen LogP contribution in [0.3, 0.4) is 0 Å². The number of benzene rings is 3. The summed E-state index contributed by atoms with van der Waals surface area (Å²) < 4.78 is 18.7. The molecule has 0 unspecified atom stereocenters. The number of aromatic nitrogens is 2. The third-order valence-corrected chi connectivity index (χ3v) is 4.76. The van der Waals surface area contributed by atoms with Crippen LogP contribution in [-0.4, -0.2) is 16.2 Å². The molecule has 1 aromatic heterocycles. The fourth-order valence-corrected chi connectivity index (χ4v) is 3.35. The number of ether oxygens (including phenoxy) is 1. The molecule has 0 aliphatic rings. The van der Waals surface area contributed by atoms with Gasteiger partial charge in [0, 0.05) is 23.4 Å². The van der Waals surface area contributed by atoms with Crippen molar-refractivity contribution < 1.29 is 13.9 Å². The second-order valence-electron chi connectivity index (χ2n) is 7.57. The van der Waals surface area contributed by atoms with Gasteiger partial charge in [0.25, 0.3) is 0 Å². The summed E-state index contributed by atoms with van der Waals surface area (Å²) in [5.74, 6) is 0.716. The molecule has 0 atom stereocenters. The zero-order chi connectivity index (χ0) is 22.5. The highest BCUT2D eigenvalue weighted by Gasteiger charge is 2.09. The van der Waals surface area contributed by atoms with E-state index in [4.69, 9.17) is 4.74 Å². The number of H-pyrrole nitrogens is 1. The number of urea groups is 1. The molecule has 4 rings (SSSR count). The van der Waals surface area contributed by atoms with Gasteiger partial charge in [-0.25, -0.2) is 9.18 Å². The molecule has 0 saturated carbocycles. The Bertz CT molecular complexity index is 1210. The molecule has 6 nitrogen and oxygen atoms in total. The van der Waals surface area contributed by atoms with Crippen LogP contribution in [0.25, 0.3) is 11.3 Å². The molecule has 0 bridgehead atoms. The Morgan fingerprint density at radius 3 is 2.47 bits per heavy atom. The van der Waals surface area contributed by atoms with E-state index in [1.54, 1.807) is 42.5 Å². The zero-order valence-electron chi connectivity index (χ0n) is 17.8. The Morgan fingerprint density at radius 2 is 1.72 bits per heavy atom. The van der Waals surface area contributed by atoms with Crippen LogP contribution < -0.4 is 15.4 Å². The van der Waals surface area contributed by atoms with Gasteiger partial charge >= 0.3 is 6.03 Å². The van der Waals surface area contributed by atoms with Crippen LogP contribution in [-0.2, 0) is 6.61 Å². The minimum Gasteiger partial charge on any atom is -0.489 e. The van der Waals surface area contributed by atoms with E-state index in [-0.39, 0.29) is 5.82 Å². The number of carbonyl (C=O) groups is 1. The molecule has 3 aromatic carbocycles. The Kier molecular flexibility index (Phi) is 6.17. The smallest absolute Gasteiger partial charge is 0.324 e. The van der Waals surface area contributed by atoms with E-state index < -0.39 is 6.03 Å². The third-order valence-electron chi connectivity index (χ3n) is 4.76. The maximum Gasteiger partial charge on any atom is 0.324 e. The molecule has 4 aromatic rings. The number of hydrogen-bond acceptors (Lipinski definition) is 3. The van der Waals surface area contributed by atoms with Gasteiger partial charge in [-0.05, 0) is 55.8 Å². The predicted octanol–water partition coefficient (Wildman–Crippen LogP) is 6.06. The van der Waals surface area contributed by atoms with Crippen LogP contribution in [0.4, 0.5) is 20.7 Å². The first-order chi connectivity index (χ1) is 15.4. The molecule has 0 aliphatic heterocycles. The maximum atomic E-state index is 13.0. The molecule has 0 saturated heterocycles. The summed E-state index contributed by atoms with van der Waals surface area (Å²) in [5.41, 5.74) is 5.56. The second-order valence-corrected chi connectivity index (χ2v) is 7.57. The van der Waals surface area contributed by atoms with Gasteiger partial charge in [0.15, 0.2) is 5.82 Å². The van der Waals surface area contributed by atoms with Crippen molar-refractivity contribution in [3.63, 3.8) is 0 Å². The molecule has 0 spiro atoms. The topological polar surface area (TPSA) is 79.0 Å². The van der Waals surface area contributed by atoms with Gasteiger partial charge in [-0.15, -0.1) is 0 Å². The number of anilines is 2. The molecule has 0 aliphatic carbocycles. The molecule has 1 heterocycles. The monoisotopic (exact) mass is 430 g/mol. The van der Waals surface area contributed by atoms with E-state index in [0.717, 1.165) is 27.9 Å². The first kappa shape index (κ1) is 21.1. The zero-order valence-corrected chi connectivity index (χ0v) is 17.8. The molecule has 2 amide bonds. The minimum absolute atomic E-state index is 0.288. The van der Waals surface area contributed by atoms with Crippen molar-refractivity contribution in [2.45, 2.75) is 20.5 Å². The first-order valence-corrected chi connectivity index (χ1v) is 10.1. The number of aryl methyl sites for hydroxylation is 2. The van der Waals surface area contributed by atoms with Crippen LogP contribution in [0.15, 0.2) is 72.8 Å². The van der Waals surface area contributed by atoms with Gasteiger partial charge in [-0.1, -0.05) is 35.4 Å². The van der Waals surface area contributed by atoms with Gasteiger partial charge < -0.3 is 10.1 Å². The van der Waals surface area contributed by atoms with E-state index in [2.05, 4.69) is 39.0 Å². The second kappa shape index (κ2) is 9.34. The summed E-state index contributed by atoms with van der Waals surface area (Å²) in [7, 11) is 0. The van der Waals surface area contributed by atoms with Crippen LogP contribution in [0.5, 0.6) is 5.75 Å². The molecule has 3 N–H and O–H groups in total. The quantitative estimate of drug-likeness (QED) is 0.348. The lowest BCUT2D eigenvalue weighted by Crippen LogP contribution is -2.19. The number of hydrogen-bond donors (Lipinski definition) is 3. The summed E-state index contributed by atoms with van der Waals surface area (Å²) in [5, 5.41) is 12.6.